The Morgan fingerprint density at radius 2 is 2.00 bits per heavy atom. The maximum atomic E-state index is 12.7. The highest BCUT2D eigenvalue weighted by Crippen LogP contribution is 2.38. The quantitative estimate of drug-likeness (QED) is 0.518. The van der Waals surface area contributed by atoms with E-state index in [0.717, 1.165) is 53.2 Å². The highest BCUT2D eigenvalue weighted by Gasteiger charge is 2.45. The number of amides is 1. The molecule has 3 atom stereocenters. The van der Waals surface area contributed by atoms with Crippen LogP contribution in [0.15, 0.2) is 17.5 Å². The van der Waals surface area contributed by atoms with E-state index in [9.17, 15) is 4.79 Å². The number of carbonyl (C=O) groups is 1. The van der Waals surface area contributed by atoms with Crippen molar-refractivity contribution in [1.82, 2.24) is 25.1 Å². The lowest BCUT2D eigenvalue weighted by atomic mass is 9.98. The maximum Gasteiger partial charge on any atom is 0.410 e. The number of nitrogens with zero attached hydrogens (tertiary/aromatic N) is 4. The average Bonchev–Trinajstić information content (AvgIpc) is 3.39. The molecule has 0 radical (unpaired) electrons. The lowest BCUT2D eigenvalue weighted by molar-refractivity contribution is 0.00682. The van der Waals surface area contributed by atoms with Crippen molar-refractivity contribution in [3.05, 3.63) is 23.2 Å². The molecule has 0 aliphatic carbocycles. The summed E-state index contributed by atoms with van der Waals surface area (Å²) in [6.07, 6.45) is 3.56. The number of anilines is 3. The Balaban J connectivity index is 1.32. The predicted molar refractivity (Wildman–Crippen MR) is 126 cm³/mol. The van der Waals surface area contributed by atoms with Crippen LogP contribution in [0, 0.1) is 6.92 Å². The first kappa shape index (κ1) is 21.0. The Kier molecular flexibility index (Phi) is 5.19. The van der Waals surface area contributed by atoms with Crippen LogP contribution in [-0.2, 0) is 4.74 Å². The van der Waals surface area contributed by atoms with E-state index in [0.29, 0.717) is 5.95 Å². The molecule has 0 saturated carbocycles. The van der Waals surface area contributed by atoms with Crippen LogP contribution in [0.3, 0.4) is 0 Å². The largest absolute Gasteiger partial charge is 0.444 e. The van der Waals surface area contributed by atoms with Gasteiger partial charge in [0.25, 0.3) is 0 Å². The third kappa shape index (κ3) is 4.23. The minimum absolute atomic E-state index is 0.190. The Bertz CT molecular complexity index is 1120. The second-order valence-corrected chi connectivity index (χ2v) is 10.6. The minimum Gasteiger partial charge on any atom is -0.444 e. The molecule has 5 rings (SSSR count). The van der Waals surface area contributed by atoms with Gasteiger partial charge in [0, 0.05) is 29.9 Å². The molecule has 170 valence electrons. The van der Waals surface area contributed by atoms with Crippen LogP contribution in [0.4, 0.5) is 22.4 Å². The van der Waals surface area contributed by atoms with E-state index in [4.69, 9.17) is 14.7 Å². The third-order valence-corrected chi connectivity index (χ3v) is 6.84. The highest BCUT2D eigenvalue weighted by molar-refractivity contribution is 7.17. The van der Waals surface area contributed by atoms with Crippen LogP contribution in [0.2, 0.25) is 0 Å². The van der Waals surface area contributed by atoms with Gasteiger partial charge in [0.05, 0.1) is 10.2 Å². The number of piperidine rings is 1. The van der Waals surface area contributed by atoms with E-state index in [1.807, 2.05) is 50.1 Å². The molecule has 0 spiro atoms. The molecule has 1 amide bonds. The summed E-state index contributed by atoms with van der Waals surface area (Å²) in [4.78, 5) is 24.2. The molecule has 10 heteroatoms. The van der Waals surface area contributed by atoms with Gasteiger partial charge >= 0.3 is 6.09 Å². The number of aromatic amines is 1. The fraction of sp³-hybridized carbons (Fsp3) is 0.545. The Hall–Kier alpha value is -2.88. The Morgan fingerprint density at radius 1 is 1.25 bits per heavy atom. The van der Waals surface area contributed by atoms with E-state index in [2.05, 4.69) is 20.8 Å². The van der Waals surface area contributed by atoms with Crippen molar-refractivity contribution < 1.29 is 9.53 Å². The smallest absolute Gasteiger partial charge is 0.410 e. The molecule has 2 fully saturated rings. The number of carbonyl (C=O) groups excluding carboxylic acids is 1. The van der Waals surface area contributed by atoms with Crippen LogP contribution in [-0.4, -0.2) is 54.9 Å². The summed E-state index contributed by atoms with van der Waals surface area (Å²) in [6, 6.07) is 4.54. The molecule has 3 N–H and O–H groups in total. The number of ether oxygens (including phenoxy) is 1. The molecule has 0 unspecified atom stereocenters. The van der Waals surface area contributed by atoms with Gasteiger partial charge in [-0.3, -0.25) is 5.10 Å². The van der Waals surface area contributed by atoms with Gasteiger partial charge in [-0.1, -0.05) is 0 Å². The number of aryl methyl sites for hydroxylation is 1. The van der Waals surface area contributed by atoms with Crippen LogP contribution < -0.4 is 10.6 Å². The van der Waals surface area contributed by atoms with Crippen LogP contribution in [0.25, 0.3) is 10.2 Å². The summed E-state index contributed by atoms with van der Waals surface area (Å²) in [5.41, 5.74) is 1.40. The topological polar surface area (TPSA) is 108 Å². The first-order valence-corrected chi connectivity index (χ1v) is 12.0. The van der Waals surface area contributed by atoms with E-state index >= 15 is 0 Å². The summed E-state index contributed by atoms with van der Waals surface area (Å²) in [5, 5.41) is 16.1. The van der Waals surface area contributed by atoms with Crippen molar-refractivity contribution in [2.75, 3.05) is 10.6 Å². The molecule has 2 saturated heterocycles. The second-order valence-electron chi connectivity index (χ2n) is 9.68. The van der Waals surface area contributed by atoms with E-state index in [1.165, 1.54) is 0 Å². The number of fused-ring (bicyclic) bond motifs is 3. The normalized spacial score (nSPS) is 22.9. The molecule has 2 bridgehead atoms. The molecule has 3 aromatic rings. The number of H-pyrrole nitrogens is 1. The van der Waals surface area contributed by atoms with Crippen molar-refractivity contribution in [3.8, 4) is 0 Å². The van der Waals surface area contributed by atoms with Gasteiger partial charge in [-0.25, -0.2) is 9.78 Å². The zero-order valence-electron chi connectivity index (χ0n) is 18.8. The average molecular weight is 456 g/mol. The molecule has 2 aliphatic heterocycles. The summed E-state index contributed by atoms with van der Waals surface area (Å²) in [6.45, 7) is 7.70. The van der Waals surface area contributed by atoms with E-state index in [-0.39, 0.29) is 24.2 Å². The van der Waals surface area contributed by atoms with E-state index < -0.39 is 5.60 Å². The van der Waals surface area contributed by atoms with Gasteiger partial charge in [-0.15, -0.1) is 11.3 Å². The first-order chi connectivity index (χ1) is 15.2. The van der Waals surface area contributed by atoms with Gasteiger partial charge < -0.3 is 20.3 Å². The van der Waals surface area contributed by atoms with Crippen LogP contribution in [0.1, 0.15) is 52.1 Å². The fourth-order valence-corrected chi connectivity index (χ4v) is 5.48. The number of hydrogen-bond donors (Lipinski definition) is 3. The molecular weight excluding hydrogens is 426 g/mol. The molecule has 5 heterocycles. The van der Waals surface area contributed by atoms with Crippen LogP contribution in [0.5, 0.6) is 0 Å². The summed E-state index contributed by atoms with van der Waals surface area (Å²) in [7, 11) is 0. The SMILES string of the molecule is Cc1cc(Nc2nc(N[C@@H]3C[C@H]4CC[C@@H](C3)N4C(=O)OC(C)(C)C)nc3ccsc23)n[nH]1. The van der Waals surface area contributed by atoms with Gasteiger partial charge in [-0.2, -0.15) is 10.1 Å². The maximum absolute atomic E-state index is 12.7. The highest BCUT2D eigenvalue weighted by atomic mass is 32.1. The number of hydrogen-bond acceptors (Lipinski definition) is 8. The monoisotopic (exact) mass is 455 g/mol. The number of rotatable bonds is 4. The number of thiophene rings is 1. The molecule has 3 aromatic heterocycles. The molecule has 32 heavy (non-hydrogen) atoms. The second kappa shape index (κ2) is 7.91. The molecule has 2 aliphatic rings. The van der Waals surface area contributed by atoms with Gasteiger partial charge in [0.2, 0.25) is 5.95 Å². The van der Waals surface area contributed by atoms with Crippen molar-refractivity contribution in [2.45, 2.75) is 77.1 Å². The predicted octanol–water partition coefficient (Wildman–Crippen LogP) is 4.81. The zero-order valence-corrected chi connectivity index (χ0v) is 19.6. The lowest BCUT2D eigenvalue weighted by Gasteiger charge is -2.39. The van der Waals surface area contributed by atoms with Gasteiger partial charge in [0.1, 0.15) is 5.60 Å². The molecular formula is C22H29N7O2S. The first-order valence-electron chi connectivity index (χ1n) is 11.1. The van der Waals surface area contributed by atoms with Crippen molar-refractivity contribution in [3.63, 3.8) is 0 Å². The van der Waals surface area contributed by atoms with Crippen molar-refractivity contribution >= 4 is 45.2 Å². The van der Waals surface area contributed by atoms with Crippen molar-refractivity contribution in [2.24, 2.45) is 0 Å². The van der Waals surface area contributed by atoms with Gasteiger partial charge in [-0.05, 0) is 64.8 Å². The molecule has 0 aromatic carbocycles. The Morgan fingerprint density at radius 3 is 2.66 bits per heavy atom. The third-order valence-electron chi connectivity index (χ3n) is 5.93. The van der Waals surface area contributed by atoms with Gasteiger partial charge in [0.15, 0.2) is 11.6 Å². The van der Waals surface area contributed by atoms with Crippen LogP contribution >= 0.6 is 11.3 Å². The van der Waals surface area contributed by atoms with E-state index in [1.54, 1.807) is 11.3 Å². The molecule has 9 nitrogen and oxygen atoms in total. The lowest BCUT2D eigenvalue weighted by Crippen LogP contribution is -2.51. The summed E-state index contributed by atoms with van der Waals surface area (Å²) in [5.74, 6) is 2.07. The standard InChI is InChI=1S/C22H29N7O2S/c1-12-9-17(28-27-12)25-19-18-16(7-8-32-18)24-20(26-19)23-13-10-14-5-6-15(11-13)29(14)21(30)31-22(2,3)4/h7-9,13-15H,5-6,10-11H2,1-4H3,(H3,23,24,25,26,27,28)/t13-,14-,15+. The van der Waals surface area contributed by atoms with Crippen molar-refractivity contribution in [1.29, 1.82) is 0 Å². The Labute approximate surface area is 191 Å². The number of nitrogens with one attached hydrogen (secondary N) is 3. The summed E-state index contributed by atoms with van der Waals surface area (Å²) < 4.78 is 6.65. The fourth-order valence-electron chi connectivity index (χ4n) is 4.71. The minimum atomic E-state index is -0.480. The number of aromatic nitrogens is 4. The zero-order chi connectivity index (χ0) is 22.5. The summed E-state index contributed by atoms with van der Waals surface area (Å²) >= 11 is 1.60.